The van der Waals surface area contributed by atoms with Crippen LogP contribution in [-0.4, -0.2) is 23.6 Å². The summed E-state index contributed by atoms with van der Waals surface area (Å²) < 4.78 is 5.79. The van der Waals surface area contributed by atoms with Crippen molar-refractivity contribution in [1.82, 2.24) is 0 Å². The van der Waals surface area contributed by atoms with Crippen molar-refractivity contribution < 1.29 is 9.84 Å². The number of halogens is 1. The first-order chi connectivity index (χ1) is 7.14. The van der Waals surface area contributed by atoms with Gasteiger partial charge in [0.25, 0.3) is 0 Å². The molecule has 0 spiro atoms. The van der Waals surface area contributed by atoms with Gasteiger partial charge in [-0.1, -0.05) is 23.7 Å². The predicted molar refractivity (Wildman–Crippen MR) is 63.2 cm³/mol. The number of ether oxygens (including phenoxy) is 1. The molecule has 1 N–H and O–H groups in total. The summed E-state index contributed by atoms with van der Waals surface area (Å²) >= 11 is 7.54. The lowest BCUT2D eigenvalue weighted by Gasteiger charge is -2.23. The first kappa shape index (κ1) is 11.3. The highest BCUT2D eigenvalue weighted by atomic mass is 35.5. The first-order valence-electron chi connectivity index (χ1n) is 4.83. The fourth-order valence-electron chi connectivity index (χ4n) is 1.63. The maximum absolute atomic E-state index is 9.03. The zero-order valence-electron chi connectivity index (χ0n) is 8.44. The van der Waals surface area contributed by atoms with Gasteiger partial charge in [0, 0.05) is 10.8 Å². The SMILES string of the molecule is C[C@@]1(c2ccc(Cl)cc2)O[C@H](CO)CS1. The Morgan fingerprint density at radius 1 is 1.53 bits per heavy atom. The van der Waals surface area contributed by atoms with Crippen molar-refractivity contribution in [2.75, 3.05) is 12.4 Å². The summed E-state index contributed by atoms with van der Waals surface area (Å²) in [7, 11) is 0. The van der Waals surface area contributed by atoms with Gasteiger partial charge < -0.3 is 9.84 Å². The minimum Gasteiger partial charge on any atom is -0.394 e. The molecule has 1 aromatic carbocycles. The standard InChI is InChI=1S/C11H13ClO2S/c1-11(14-10(6-13)7-15-11)8-2-4-9(12)5-3-8/h2-5,10,13H,6-7H2,1H3/t10-,11-/m1/s1. The Labute approximate surface area is 98.6 Å². The van der Waals surface area contributed by atoms with Gasteiger partial charge in [-0.3, -0.25) is 0 Å². The first-order valence-corrected chi connectivity index (χ1v) is 6.19. The van der Waals surface area contributed by atoms with E-state index in [0.717, 1.165) is 16.3 Å². The Balaban J connectivity index is 2.20. The van der Waals surface area contributed by atoms with Crippen LogP contribution in [-0.2, 0) is 9.67 Å². The van der Waals surface area contributed by atoms with E-state index in [1.807, 2.05) is 31.2 Å². The van der Waals surface area contributed by atoms with E-state index < -0.39 is 0 Å². The number of thioether (sulfide) groups is 1. The lowest BCUT2D eigenvalue weighted by molar-refractivity contribution is -0.0249. The predicted octanol–water partition coefficient (Wildman–Crippen LogP) is 2.64. The highest BCUT2D eigenvalue weighted by molar-refractivity contribution is 8.00. The highest BCUT2D eigenvalue weighted by Crippen LogP contribution is 2.44. The molecule has 1 fully saturated rings. The van der Waals surface area contributed by atoms with Crippen LogP contribution in [0.1, 0.15) is 12.5 Å². The summed E-state index contributed by atoms with van der Waals surface area (Å²) in [5, 5.41) is 9.76. The monoisotopic (exact) mass is 244 g/mol. The molecule has 0 aromatic heterocycles. The van der Waals surface area contributed by atoms with Crippen LogP contribution in [0.25, 0.3) is 0 Å². The molecule has 0 amide bonds. The van der Waals surface area contributed by atoms with E-state index in [1.165, 1.54) is 0 Å². The minimum atomic E-state index is -0.349. The summed E-state index contributed by atoms with van der Waals surface area (Å²) in [5.74, 6) is 0.829. The average molecular weight is 245 g/mol. The lowest BCUT2D eigenvalue weighted by atomic mass is 10.1. The number of benzene rings is 1. The van der Waals surface area contributed by atoms with Crippen molar-refractivity contribution in [2.45, 2.75) is 18.0 Å². The van der Waals surface area contributed by atoms with Gasteiger partial charge >= 0.3 is 0 Å². The van der Waals surface area contributed by atoms with Crippen molar-refractivity contribution in [3.8, 4) is 0 Å². The van der Waals surface area contributed by atoms with Crippen LogP contribution in [0.4, 0.5) is 0 Å². The van der Waals surface area contributed by atoms with E-state index in [0.29, 0.717) is 0 Å². The summed E-state index contributed by atoms with van der Waals surface area (Å²) in [6.45, 7) is 2.10. The third-order valence-corrected chi connectivity index (χ3v) is 4.18. The molecular weight excluding hydrogens is 232 g/mol. The Morgan fingerprint density at radius 2 is 2.20 bits per heavy atom. The number of hydrogen-bond donors (Lipinski definition) is 1. The smallest absolute Gasteiger partial charge is 0.137 e. The molecule has 0 aliphatic carbocycles. The molecule has 1 saturated heterocycles. The molecule has 2 atom stereocenters. The molecule has 0 unspecified atom stereocenters. The number of aliphatic hydroxyl groups is 1. The van der Waals surface area contributed by atoms with E-state index in [4.69, 9.17) is 21.4 Å². The summed E-state index contributed by atoms with van der Waals surface area (Å²) in [5.41, 5.74) is 1.09. The second-order valence-electron chi connectivity index (χ2n) is 3.69. The van der Waals surface area contributed by atoms with Gasteiger partial charge in [-0.15, -0.1) is 11.8 Å². The van der Waals surface area contributed by atoms with E-state index in [9.17, 15) is 0 Å². The zero-order chi connectivity index (χ0) is 10.9. The van der Waals surface area contributed by atoms with Crippen LogP contribution < -0.4 is 0 Å². The lowest BCUT2D eigenvalue weighted by Crippen LogP contribution is -2.22. The third-order valence-electron chi connectivity index (χ3n) is 2.51. The Morgan fingerprint density at radius 3 is 2.73 bits per heavy atom. The second-order valence-corrected chi connectivity index (χ2v) is 5.52. The van der Waals surface area contributed by atoms with Crippen LogP contribution in [0.5, 0.6) is 0 Å². The summed E-state index contributed by atoms with van der Waals surface area (Å²) in [6, 6.07) is 7.65. The van der Waals surface area contributed by atoms with Gasteiger partial charge in [0.05, 0.1) is 12.7 Å². The quantitative estimate of drug-likeness (QED) is 0.867. The minimum absolute atomic E-state index is 0.0596. The topological polar surface area (TPSA) is 29.5 Å². The number of hydrogen-bond acceptors (Lipinski definition) is 3. The third kappa shape index (κ3) is 2.31. The van der Waals surface area contributed by atoms with Gasteiger partial charge in [0.2, 0.25) is 0 Å². The molecule has 2 rings (SSSR count). The van der Waals surface area contributed by atoms with Crippen molar-refractivity contribution in [3.63, 3.8) is 0 Å². The average Bonchev–Trinajstić information content (AvgIpc) is 2.62. The maximum Gasteiger partial charge on any atom is 0.137 e. The number of aliphatic hydroxyl groups excluding tert-OH is 1. The molecule has 2 nitrogen and oxygen atoms in total. The Hall–Kier alpha value is -0.220. The fourth-order valence-corrected chi connectivity index (χ4v) is 2.94. The normalized spacial score (nSPS) is 30.7. The van der Waals surface area contributed by atoms with Crippen LogP contribution >= 0.6 is 23.4 Å². The molecular formula is C11H13ClO2S. The van der Waals surface area contributed by atoms with Crippen molar-refractivity contribution >= 4 is 23.4 Å². The van der Waals surface area contributed by atoms with Crippen molar-refractivity contribution in [2.24, 2.45) is 0 Å². The Kier molecular flexibility index (Phi) is 3.26. The summed E-state index contributed by atoms with van der Waals surface area (Å²) in [6.07, 6.45) is -0.0596. The van der Waals surface area contributed by atoms with Crippen LogP contribution in [0.2, 0.25) is 5.02 Å². The molecule has 4 heteroatoms. The van der Waals surface area contributed by atoms with Gasteiger partial charge in [0.15, 0.2) is 0 Å². The Bertz CT molecular complexity index is 341. The second kappa shape index (κ2) is 4.34. The van der Waals surface area contributed by atoms with Crippen LogP contribution in [0, 0.1) is 0 Å². The molecule has 0 radical (unpaired) electrons. The molecule has 1 heterocycles. The maximum atomic E-state index is 9.03. The number of rotatable bonds is 2. The van der Waals surface area contributed by atoms with E-state index in [1.54, 1.807) is 11.8 Å². The molecule has 1 aromatic rings. The van der Waals surface area contributed by atoms with Gasteiger partial charge in [-0.2, -0.15) is 0 Å². The molecule has 82 valence electrons. The molecule has 1 aliphatic rings. The van der Waals surface area contributed by atoms with Gasteiger partial charge in [0.1, 0.15) is 4.93 Å². The van der Waals surface area contributed by atoms with Gasteiger partial charge in [-0.25, -0.2) is 0 Å². The van der Waals surface area contributed by atoms with Crippen LogP contribution in [0.3, 0.4) is 0 Å². The van der Waals surface area contributed by atoms with E-state index in [-0.39, 0.29) is 17.6 Å². The van der Waals surface area contributed by atoms with Gasteiger partial charge in [-0.05, 0) is 24.6 Å². The fraction of sp³-hybridized carbons (Fsp3) is 0.455. The summed E-state index contributed by atoms with van der Waals surface area (Å²) in [4.78, 5) is -0.349. The zero-order valence-corrected chi connectivity index (χ0v) is 10.0. The van der Waals surface area contributed by atoms with Crippen molar-refractivity contribution in [3.05, 3.63) is 34.9 Å². The van der Waals surface area contributed by atoms with E-state index >= 15 is 0 Å². The van der Waals surface area contributed by atoms with Crippen LogP contribution in [0.15, 0.2) is 24.3 Å². The molecule has 1 aliphatic heterocycles. The molecule has 0 saturated carbocycles. The largest absolute Gasteiger partial charge is 0.394 e. The molecule has 15 heavy (non-hydrogen) atoms. The van der Waals surface area contributed by atoms with Crippen molar-refractivity contribution in [1.29, 1.82) is 0 Å². The molecule has 0 bridgehead atoms. The highest BCUT2D eigenvalue weighted by Gasteiger charge is 2.37. The van der Waals surface area contributed by atoms with E-state index in [2.05, 4.69) is 0 Å².